The quantitative estimate of drug-likeness (QED) is 0.857. The van der Waals surface area contributed by atoms with Crippen LogP contribution >= 0.6 is 0 Å². The number of ether oxygens (including phenoxy) is 1. The van der Waals surface area contributed by atoms with Crippen molar-refractivity contribution in [3.63, 3.8) is 0 Å². The van der Waals surface area contributed by atoms with E-state index in [0.717, 1.165) is 37.5 Å². The zero-order chi connectivity index (χ0) is 13.6. The Bertz CT molecular complexity index is 358. The fourth-order valence-electron chi connectivity index (χ4n) is 2.94. The van der Waals surface area contributed by atoms with Crippen LogP contribution in [0.1, 0.15) is 44.7 Å². The van der Waals surface area contributed by atoms with Crippen LogP contribution in [0, 0.1) is 5.92 Å². The minimum absolute atomic E-state index is 0.0690. The van der Waals surface area contributed by atoms with E-state index in [1.54, 1.807) is 0 Å². The maximum atomic E-state index is 6.15. The van der Waals surface area contributed by atoms with Crippen molar-refractivity contribution < 1.29 is 4.74 Å². The summed E-state index contributed by atoms with van der Waals surface area (Å²) in [5.41, 5.74) is 6.99. The molecule has 1 heterocycles. The summed E-state index contributed by atoms with van der Waals surface area (Å²) in [6.07, 6.45) is 8.75. The van der Waals surface area contributed by atoms with Crippen LogP contribution in [0.3, 0.4) is 0 Å². The van der Waals surface area contributed by atoms with Gasteiger partial charge in [0.1, 0.15) is 0 Å². The zero-order valence-electron chi connectivity index (χ0n) is 12.0. The number of nitrogens with two attached hydrogens (primary N) is 1. The van der Waals surface area contributed by atoms with E-state index in [0.29, 0.717) is 6.54 Å². The van der Waals surface area contributed by atoms with Gasteiger partial charge in [0.05, 0.1) is 12.2 Å². The number of hydrogen-bond acceptors (Lipinski definition) is 3. The first-order valence-electron chi connectivity index (χ1n) is 7.52. The van der Waals surface area contributed by atoms with Crippen molar-refractivity contribution in [2.75, 3.05) is 13.2 Å². The van der Waals surface area contributed by atoms with Gasteiger partial charge in [-0.15, -0.1) is 0 Å². The lowest BCUT2D eigenvalue weighted by Gasteiger charge is -2.39. The van der Waals surface area contributed by atoms with E-state index in [2.05, 4.69) is 11.9 Å². The number of hydrogen-bond donors (Lipinski definition) is 1. The lowest BCUT2D eigenvalue weighted by atomic mass is 9.77. The van der Waals surface area contributed by atoms with E-state index in [9.17, 15) is 0 Å². The topological polar surface area (TPSA) is 48.1 Å². The van der Waals surface area contributed by atoms with Gasteiger partial charge in [-0.3, -0.25) is 4.98 Å². The highest BCUT2D eigenvalue weighted by Gasteiger charge is 2.34. The zero-order valence-corrected chi connectivity index (χ0v) is 12.0. The first kappa shape index (κ1) is 14.5. The minimum atomic E-state index is -0.0690. The van der Waals surface area contributed by atoms with Crippen molar-refractivity contribution in [1.29, 1.82) is 0 Å². The summed E-state index contributed by atoms with van der Waals surface area (Å²) < 4.78 is 6.15. The Balaban J connectivity index is 1.80. The number of rotatable bonds is 6. The van der Waals surface area contributed by atoms with Gasteiger partial charge in [0.15, 0.2) is 0 Å². The Morgan fingerprint density at radius 2 is 2.16 bits per heavy atom. The smallest absolute Gasteiger partial charge is 0.0804 e. The molecule has 106 valence electrons. The van der Waals surface area contributed by atoms with Crippen molar-refractivity contribution in [2.45, 2.75) is 51.0 Å². The predicted molar refractivity (Wildman–Crippen MR) is 77.9 cm³/mol. The second-order valence-corrected chi connectivity index (χ2v) is 5.66. The standard InChI is InChI=1S/C16H26N2O/c1-2-14-6-9-16(13-17,10-7-14)19-12-8-15-5-3-4-11-18-15/h3-5,11,14H,2,6-10,12-13,17H2,1H3. The third kappa shape index (κ3) is 4.02. The summed E-state index contributed by atoms with van der Waals surface area (Å²) in [5, 5.41) is 0. The maximum absolute atomic E-state index is 6.15. The van der Waals surface area contributed by atoms with Gasteiger partial charge in [0, 0.05) is 24.9 Å². The van der Waals surface area contributed by atoms with Crippen LogP contribution in [0.5, 0.6) is 0 Å². The molecule has 19 heavy (non-hydrogen) atoms. The highest BCUT2D eigenvalue weighted by Crippen LogP contribution is 2.35. The van der Waals surface area contributed by atoms with Crippen LogP contribution in [0.15, 0.2) is 24.4 Å². The van der Waals surface area contributed by atoms with Gasteiger partial charge in [-0.1, -0.05) is 19.4 Å². The largest absolute Gasteiger partial charge is 0.373 e. The van der Waals surface area contributed by atoms with Gasteiger partial charge >= 0.3 is 0 Å². The van der Waals surface area contributed by atoms with Gasteiger partial charge < -0.3 is 10.5 Å². The van der Waals surface area contributed by atoms with E-state index in [1.165, 1.54) is 19.3 Å². The second kappa shape index (κ2) is 7.01. The lowest BCUT2D eigenvalue weighted by molar-refractivity contribution is -0.0704. The summed E-state index contributed by atoms with van der Waals surface area (Å²) in [5.74, 6) is 0.874. The Morgan fingerprint density at radius 3 is 2.74 bits per heavy atom. The van der Waals surface area contributed by atoms with E-state index in [1.807, 2.05) is 24.4 Å². The van der Waals surface area contributed by atoms with E-state index in [-0.39, 0.29) is 5.60 Å². The van der Waals surface area contributed by atoms with Crippen LogP contribution in [-0.4, -0.2) is 23.7 Å². The molecule has 0 bridgehead atoms. The summed E-state index contributed by atoms with van der Waals surface area (Å²) >= 11 is 0. The monoisotopic (exact) mass is 262 g/mol. The SMILES string of the molecule is CCC1CCC(CN)(OCCc2ccccn2)CC1. The van der Waals surface area contributed by atoms with Crippen LogP contribution < -0.4 is 5.73 Å². The molecule has 2 N–H and O–H groups in total. The van der Waals surface area contributed by atoms with Gasteiger partial charge in [-0.25, -0.2) is 0 Å². The predicted octanol–water partition coefficient (Wildman–Crippen LogP) is 2.94. The Kier molecular flexibility index (Phi) is 5.34. The third-order valence-electron chi connectivity index (χ3n) is 4.46. The molecule has 0 aromatic carbocycles. The molecule has 3 heteroatoms. The van der Waals surface area contributed by atoms with E-state index in [4.69, 9.17) is 10.5 Å². The Hall–Kier alpha value is -0.930. The fraction of sp³-hybridized carbons (Fsp3) is 0.688. The van der Waals surface area contributed by atoms with Crippen LogP contribution in [-0.2, 0) is 11.2 Å². The Morgan fingerprint density at radius 1 is 1.37 bits per heavy atom. The first-order valence-corrected chi connectivity index (χ1v) is 7.52. The molecule has 0 radical (unpaired) electrons. The molecule has 0 amide bonds. The molecule has 1 aliphatic carbocycles. The van der Waals surface area contributed by atoms with E-state index >= 15 is 0 Å². The molecule has 0 unspecified atom stereocenters. The highest BCUT2D eigenvalue weighted by atomic mass is 16.5. The van der Waals surface area contributed by atoms with Gasteiger partial charge in [-0.2, -0.15) is 0 Å². The molecule has 0 spiro atoms. The molecule has 0 atom stereocenters. The van der Waals surface area contributed by atoms with Gasteiger partial charge in [0.2, 0.25) is 0 Å². The molecular formula is C16H26N2O. The summed E-state index contributed by atoms with van der Waals surface area (Å²) in [6, 6.07) is 6.01. The molecule has 1 aromatic rings. The van der Waals surface area contributed by atoms with Gasteiger partial charge in [-0.05, 0) is 43.7 Å². The average molecular weight is 262 g/mol. The van der Waals surface area contributed by atoms with Crippen molar-refractivity contribution in [3.05, 3.63) is 30.1 Å². The van der Waals surface area contributed by atoms with Crippen molar-refractivity contribution in [1.82, 2.24) is 4.98 Å². The minimum Gasteiger partial charge on any atom is -0.373 e. The van der Waals surface area contributed by atoms with Gasteiger partial charge in [0.25, 0.3) is 0 Å². The number of pyridine rings is 1. The molecular weight excluding hydrogens is 236 g/mol. The van der Waals surface area contributed by atoms with Crippen LogP contribution in [0.4, 0.5) is 0 Å². The second-order valence-electron chi connectivity index (χ2n) is 5.66. The maximum Gasteiger partial charge on any atom is 0.0804 e. The molecule has 0 aliphatic heterocycles. The van der Waals surface area contributed by atoms with Crippen LogP contribution in [0.2, 0.25) is 0 Å². The molecule has 2 rings (SSSR count). The van der Waals surface area contributed by atoms with Crippen molar-refractivity contribution in [2.24, 2.45) is 11.7 Å². The number of nitrogens with zero attached hydrogens (tertiary/aromatic N) is 1. The molecule has 3 nitrogen and oxygen atoms in total. The highest BCUT2D eigenvalue weighted by molar-refractivity contribution is 5.03. The van der Waals surface area contributed by atoms with Crippen LogP contribution in [0.25, 0.3) is 0 Å². The van der Waals surface area contributed by atoms with E-state index < -0.39 is 0 Å². The molecule has 1 saturated carbocycles. The normalized spacial score (nSPS) is 27.4. The molecule has 1 aliphatic rings. The van der Waals surface area contributed by atoms with Crippen molar-refractivity contribution >= 4 is 0 Å². The third-order valence-corrected chi connectivity index (χ3v) is 4.46. The average Bonchev–Trinajstić information content (AvgIpc) is 2.49. The summed E-state index contributed by atoms with van der Waals surface area (Å²) in [6.45, 7) is 3.65. The fourth-order valence-corrected chi connectivity index (χ4v) is 2.94. The summed E-state index contributed by atoms with van der Waals surface area (Å²) in [7, 11) is 0. The molecule has 1 aromatic heterocycles. The van der Waals surface area contributed by atoms with Crippen molar-refractivity contribution in [3.8, 4) is 0 Å². The summed E-state index contributed by atoms with van der Waals surface area (Å²) in [4.78, 5) is 4.32. The first-order chi connectivity index (χ1) is 9.28. The number of aromatic nitrogens is 1. The molecule has 1 fully saturated rings. The lowest BCUT2D eigenvalue weighted by Crippen LogP contribution is -2.44. The Labute approximate surface area is 116 Å². The molecule has 0 saturated heterocycles.